The highest BCUT2D eigenvalue weighted by Crippen LogP contribution is 2.23. The molecule has 4 aromatic rings. The monoisotopic (exact) mass is 401 g/mol. The predicted molar refractivity (Wildman–Crippen MR) is 115 cm³/mol. The van der Waals surface area contributed by atoms with Gasteiger partial charge in [-0.25, -0.2) is 4.98 Å². The smallest absolute Gasteiger partial charge is 0.251 e. The van der Waals surface area contributed by atoms with Crippen molar-refractivity contribution in [2.75, 3.05) is 0 Å². The Morgan fingerprint density at radius 1 is 1.10 bits per heavy atom. The Morgan fingerprint density at radius 3 is 2.57 bits per heavy atom. The van der Waals surface area contributed by atoms with Crippen molar-refractivity contribution in [3.8, 4) is 17.2 Å². The summed E-state index contributed by atoms with van der Waals surface area (Å²) in [5.74, 6) is 1.17. The first-order chi connectivity index (χ1) is 14.6. The van der Waals surface area contributed by atoms with Crippen LogP contribution in [0.5, 0.6) is 5.75 Å². The third kappa shape index (κ3) is 4.49. The van der Waals surface area contributed by atoms with Gasteiger partial charge in [-0.15, -0.1) is 0 Å². The Kier molecular flexibility index (Phi) is 5.75. The van der Waals surface area contributed by atoms with E-state index in [1.54, 1.807) is 18.3 Å². The molecule has 6 heteroatoms. The average Bonchev–Trinajstić information content (AvgIpc) is 3.22. The highest BCUT2D eigenvalue weighted by atomic mass is 16.5. The number of amides is 1. The van der Waals surface area contributed by atoms with Crippen molar-refractivity contribution in [1.29, 1.82) is 0 Å². The molecular weight excluding hydrogens is 378 g/mol. The second-order valence-corrected chi connectivity index (χ2v) is 7.08. The van der Waals surface area contributed by atoms with Crippen molar-refractivity contribution in [2.24, 2.45) is 0 Å². The van der Waals surface area contributed by atoms with Gasteiger partial charge < -0.3 is 14.5 Å². The molecule has 30 heavy (non-hydrogen) atoms. The Morgan fingerprint density at radius 2 is 1.87 bits per heavy atom. The maximum absolute atomic E-state index is 12.4. The standard InChI is InChI=1S/C24H23N3O3/c1-3-16(2)29-20-12-10-18(11-13-20)23(28)26-15-17-6-8-19(9-7-17)24-27-22-21(30-24)5-4-14-25-22/h4-14,16H,3,15H2,1-2H3,(H,26,28)/t16-/m0/s1. The second kappa shape index (κ2) is 8.78. The van der Waals surface area contributed by atoms with Gasteiger partial charge in [0, 0.05) is 23.9 Å². The van der Waals surface area contributed by atoms with E-state index >= 15 is 0 Å². The van der Waals surface area contributed by atoms with Crippen molar-refractivity contribution in [3.63, 3.8) is 0 Å². The Labute approximate surface area is 174 Å². The van der Waals surface area contributed by atoms with E-state index in [-0.39, 0.29) is 12.0 Å². The van der Waals surface area contributed by atoms with Gasteiger partial charge in [0.2, 0.25) is 5.89 Å². The van der Waals surface area contributed by atoms with Crippen LogP contribution in [0.1, 0.15) is 36.2 Å². The molecule has 0 spiro atoms. The zero-order valence-electron chi connectivity index (χ0n) is 17.0. The number of carbonyl (C=O) groups is 1. The maximum atomic E-state index is 12.4. The second-order valence-electron chi connectivity index (χ2n) is 7.08. The van der Waals surface area contributed by atoms with E-state index in [1.165, 1.54) is 0 Å². The lowest BCUT2D eigenvalue weighted by Crippen LogP contribution is -2.22. The van der Waals surface area contributed by atoms with Crippen LogP contribution in [0.4, 0.5) is 0 Å². The van der Waals surface area contributed by atoms with Gasteiger partial charge in [0.25, 0.3) is 5.91 Å². The molecule has 0 aliphatic rings. The molecule has 0 aliphatic carbocycles. The molecule has 2 aromatic carbocycles. The fourth-order valence-corrected chi connectivity index (χ4v) is 2.94. The first-order valence-corrected chi connectivity index (χ1v) is 9.98. The van der Waals surface area contributed by atoms with Gasteiger partial charge >= 0.3 is 0 Å². The number of nitrogens with one attached hydrogen (secondary N) is 1. The normalized spacial score (nSPS) is 11.9. The number of oxazole rings is 1. The van der Waals surface area contributed by atoms with Crippen LogP contribution in [0.15, 0.2) is 71.3 Å². The van der Waals surface area contributed by atoms with Gasteiger partial charge in [-0.1, -0.05) is 19.1 Å². The minimum absolute atomic E-state index is 0.126. The van der Waals surface area contributed by atoms with Crippen LogP contribution < -0.4 is 10.1 Å². The van der Waals surface area contributed by atoms with Gasteiger partial charge in [-0.05, 0) is 67.4 Å². The molecule has 0 fully saturated rings. The number of hydrogen-bond acceptors (Lipinski definition) is 5. The number of carbonyl (C=O) groups excluding carboxylic acids is 1. The lowest BCUT2D eigenvalue weighted by Gasteiger charge is -2.12. The number of fused-ring (bicyclic) bond motifs is 1. The molecule has 0 saturated carbocycles. The van der Waals surface area contributed by atoms with Crippen molar-refractivity contribution < 1.29 is 13.9 Å². The van der Waals surface area contributed by atoms with E-state index in [4.69, 9.17) is 9.15 Å². The average molecular weight is 401 g/mol. The summed E-state index contributed by atoms with van der Waals surface area (Å²) in [5, 5.41) is 2.94. The number of benzene rings is 2. The fraction of sp³-hybridized carbons (Fsp3) is 0.208. The van der Waals surface area contributed by atoms with Crippen LogP contribution in [0, 0.1) is 0 Å². The quantitative estimate of drug-likeness (QED) is 0.472. The molecule has 0 bridgehead atoms. The maximum Gasteiger partial charge on any atom is 0.251 e. The van der Waals surface area contributed by atoms with Crippen LogP contribution in [0.3, 0.4) is 0 Å². The highest BCUT2D eigenvalue weighted by Gasteiger charge is 2.10. The number of aromatic nitrogens is 2. The number of pyridine rings is 1. The van der Waals surface area contributed by atoms with Crippen LogP contribution in [0.2, 0.25) is 0 Å². The fourth-order valence-electron chi connectivity index (χ4n) is 2.94. The third-order valence-corrected chi connectivity index (χ3v) is 4.85. The van der Waals surface area contributed by atoms with Crippen LogP contribution >= 0.6 is 0 Å². The van der Waals surface area contributed by atoms with Gasteiger partial charge in [0.1, 0.15) is 5.75 Å². The summed E-state index contributed by atoms with van der Waals surface area (Å²) in [4.78, 5) is 21.0. The molecular formula is C24H23N3O3. The SMILES string of the molecule is CC[C@H](C)Oc1ccc(C(=O)NCc2ccc(-c3nc4ncccc4o3)cc2)cc1. The summed E-state index contributed by atoms with van der Waals surface area (Å²) < 4.78 is 11.5. The summed E-state index contributed by atoms with van der Waals surface area (Å²) >= 11 is 0. The minimum atomic E-state index is -0.126. The molecule has 1 N–H and O–H groups in total. The van der Waals surface area contributed by atoms with Gasteiger partial charge in [0.15, 0.2) is 11.2 Å². The molecule has 2 aromatic heterocycles. The van der Waals surface area contributed by atoms with E-state index in [0.29, 0.717) is 29.2 Å². The summed E-state index contributed by atoms with van der Waals surface area (Å²) in [6, 6.07) is 18.6. The summed E-state index contributed by atoms with van der Waals surface area (Å²) in [7, 11) is 0. The van der Waals surface area contributed by atoms with Crippen molar-refractivity contribution in [1.82, 2.24) is 15.3 Å². The van der Waals surface area contributed by atoms with Crippen molar-refractivity contribution in [3.05, 3.63) is 78.0 Å². The van der Waals surface area contributed by atoms with Gasteiger partial charge in [0.05, 0.1) is 6.10 Å². The largest absolute Gasteiger partial charge is 0.491 e. The van der Waals surface area contributed by atoms with Crippen LogP contribution in [-0.4, -0.2) is 22.0 Å². The number of rotatable bonds is 7. The molecule has 0 unspecified atom stereocenters. The lowest BCUT2D eigenvalue weighted by molar-refractivity contribution is 0.0951. The molecule has 0 saturated heterocycles. The molecule has 4 rings (SSSR count). The Hall–Kier alpha value is -3.67. The van der Waals surface area contributed by atoms with E-state index < -0.39 is 0 Å². The highest BCUT2D eigenvalue weighted by molar-refractivity contribution is 5.94. The van der Waals surface area contributed by atoms with E-state index in [9.17, 15) is 4.79 Å². The molecule has 2 heterocycles. The van der Waals surface area contributed by atoms with Crippen LogP contribution in [-0.2, 0) is 6.54 Å². The minimum Gasteiger partial charge on any atom is -0.491 e. The summed E-state index contributed by atoms with van der Waals surface area (Å²) in [6.45, 7) is 4.52. The van der Waals surface area contributed by atoms with E-state index in [2.05, 4.69) is 22.2 Å². The molecule has 0 aliphatic heterocycles. The molecule has 0 radical (unpaired) electrons. The number of ether oxygens (including phenoxy) is 1. The molecule has 1 amide bonds. The summed E-state index contributed by atoms with van der Waals surface area (Å²) in [5.41, 5.74) is 3.69. The molecule has 152 valence electrons. The molecule has 1 atom stereocenters. The first kappa shape index (κ1) is 19.6. The number of hydrogen-bond donors (Lipinski definition) is 1. The predicted octanol–water partition coefficient (Wildman–Crippen LogP) is 5.00. The van der Waals surface area contributed by atoms with Crippen molar-refractivity contribution >= 4 is 17.1 Å². The summed E-state index contributed by atoms with van der Waals surface area (Å²) in [6.07, 6.45) is 2.77. The lowest BCUT2D eigenvalue weighted by atomic mass is 10.1. The van der Waals surface area contributed by atoms with E-state index in [1.807, 2.05) is 55.5 Å². The topological polar surface area (TPSA) is 77.2 Å². The Bertz CT molecular complexity index is 1100. The van der Waals surface area contributed by atoms with Gasteiger partial charge in [-0.3, -0.25) is 4.79 Å². The van der Waals surface area contributed by atoms with Crippen molar-refractivity contribution in [2.45, 2.75) is 32.9 Å². The zero-order chi connectivity index (χ0) is 20.9. The third-order valence-electron chi connectivity index (χ3n) is 4.85. The number of nitrogens with zero attached hydrogens (tertiary/aromatic N) is 2. The zero-order valence-corrected chi connectivity index (χ0v) is 17.0. The van der Waals surface area contributed by atoms with E-state index in [0.717, 1.165) is 23.3 Å². The van der Waals surface area contributed by atoms with Crippen LogP contribution in [0.25, 0.3) is 22.7 Å². The van der Waals surface area contributed by atoms with Gasteiger partial charge in [-0.2, -0.15) is 4.98 Å². The molecule has 6 nitrogen and oxygen atoms in total. The first-order valence-electron chi connectivity index (χ1n) is 9.98. The Balaban J connectivity index is 1.36.